The second-order valence-corrected chi connectivity index (χ2v) is 5.12. The highest BCUT2D eigenvalue weighted by Gasteiger charge is 2.24. The van der Waals surface area contributed by atoms with Crippen LogP contribution >= 0.6 is 11.3 Å². The number of thiazole rings is 1. The fourth-order valence-electron chi connectivity index (χ4n) is 1.67. The Bertz CT molecular complexity index is 297. The smallest absolute Gasteiger partial charge is 0.182 e. The van der Waals surface area contributed by atoms with Crippen LogP contribution in [0, 0.1) is 5.41 Å². The van der Waals surface area contributed by atoms with E-state index in [2.05, 4.69) is 36.5 Å². The van der Waals surface area contributed by atoms with Crippen molar-refractivity contribution < 1.29 is 0 Å². The Morgan fingerprint density at radius 1 is 1.38 bits per heavy atom. The first-order valence-electron chi connectivity index (χ1n) is 6.08. The quantitative estimate of drug-likeness (QED) is 0.772. The number of rotatable bonds is 7. The number of nitrogens with zero attached hydrogens (tertiary/aromatic N) is 1. The maximum absolute atomic E-state index is 5.87. The standard InChI is InChI=1S/C12H23N3S/c1-4-10-7-16-11(15-10)14-9-12(5-2,6-3)8-13/h7H,4-6,8-9,13H2,1-3H3,(H,14,15). The highest BCUT2D eigenvalue weighted by atomic mass is 32.1. The molecule has 4 heteroatoms. The largest absolute Gasteiger partial charge is 0.361 e. The molecule has 0 atom stereocenters. The summed E-state index contributed by atoms with van der Waals surface area (Å²) in [5.41, 5.74) is 7.25. The average Bonchev–Trinajstić information content (AvgIpc) is 2.80. The minimum absolute atomic E-state index is 0.220. The summed E-state index contributed by atoms with van der Waals surface area (Å²) in [4.78, 5) is 4.50. The van der Waals surface area contributed by atoms with E-state index in [1.807, 2.05) is 0 Å². The lowest BCUT2D eigenvalue weighted by molar-refractivity contribution is 0.294. The second-order valence-electron chi connectivity index (χ2n) is 4.26. The molecule has 0 spiro atoms. The summed E-state index contributed by atoms with van der Waals surface area (Å²) >= 11 is 1.68. The van der Waals surface area contributed by atoms with Gasteiger partial charge in [0, 0.05) is 11.9 Å². The molecular formula is C12H23N3S. The summed E-state index contributed by atoms with van der Waals surface area (Å²) in [5.74, 6) is 0. The summed E-state index contributed by atoms with van der Waals surface area (Å²) in [7, 11) is 0. The van der Waals surface area contributed by atoms with Gasteiger partial charge in [0.25, 0.3) is 0 Å². The molecule has 16 heavy (non-hydrogen) atoms. The van der Waals surface area contributed by atoms with Crippen LogP contribution in [0.3, 0.4) is 0 Å². The number of aryl methyl sites for hydroxylation is 1. The van der Waals surface area contributed by atoms with Crippen LogP contribution in [0.2, 0.25) is 0 Å². The van der Waals surface area contributed by atoms with Crippen molar-refractivity contribution in [1.82, 2.24) is 4.98 Å². The molecule has 0 amide bonds. The van der Waals surface area contributed by atoms with E-state index in [4.69, 9.17) is 5.73 Å². The molecule has 0 saturated heterocycles. The third-order valence-corrected chi connectivity index (χ3v) is 4.31. The third kappa shape index (κ3) is 3.19. The van der Waals surface area contributed by atoms with E-state index in [0.29, 0.717) is 0 Å². The molecule has 0 aliphatic heterocycles. The van der Waals surface area contributed by atoms with Crippen LogP contribution in [-0.2, 0) is 6.42 Å². The van der Waals surface area contributed by atoms with Gasteiger partial charge in [-0.3, -0.25) is 0 Å². The van der Waals surface area contributed by atoms with Crippen LogP contribution < -0.4 is 11.1 Å². The van der Waals surface area contributed by atoms with Gasteiger partial charge in [0.1, 0.15) is 0 Å². The predicted molar refractivity (Wildman–Crippen MR) is 72.1 cm³/mol. The molecule has 0 fully saturated rings. The first kappa shape index (κ1) is 13.5. The van der Waals surface area contributed by atoms with Crippen LogP contribution in [-0.4, -0.2) is 18.1 Å². The van der Waals surface area contributed by atoms with Crippen molar-refractivity contribution in [3.63, 3.8) is 0 Å². The number of anilines is 1. The molecule has 0 aliphatic rings. The number of hydrogen-bond acceptors (Lipinski definition) is 4. The van der Waals surface area contributed by atoms with E-state index in [9.17, 15) is 0 Å². The average molecular weight is 241 g/mol. The fraction of sp³-hybridized carbons (Fsp3) is 0.750. The normalized spacial score (nSPS) is 11.8. The Labute approximate surface area is 102 Å². The second kappa shape index (κ2) is 6.21. The lowest BCUT2D eigenvalue weighted by atomic mass is 9.82. The van der Waals surface area contributed by atoms with Crippen molar-refractivity contribution in [2.75, 3.05) is 18.4 Å². The van der Waals surface area contributed by atoms with Gasteiger partial charge >= 0.3 is 0 Å². The number of aromatic nitrogens is 1. The SMILES string of the molecule is CCc1csc(NCC(CC)(CC)CN)n1. The first-order chi connectivity index (χ1) is 7.69. The van der Waals surface area contributed by atoms with E-state index in [1.165, 1.54) is 5.69 Å². The lowest BCUT2D eigenvalue weighted by Crippen LogP contribution is -2.36. The predicted octanol–water partition coefficient (Wildman–Crippen LogP) is 2.88. The van der Waals surface area contributed by atoms with Crippen molar-refractivity contribution >= 4 is 16.5 Å². The molecule has 0 bridgehead atoms. The molecule has 0 radical (unpaired) electrons. The van der Waals surface area contributed by atoms with Gasteiger partial charge in [0.05, 0.1) is 5.69 Å². The molecule has 1 heterocycles. The van der Waals surface area contributed by atoms with Gasteiger partial charge in [0.15, 0.2) is 5.13 Å². The van der Waals surface area contributed by atoms with Crippen molar-refractivity contribution in [3.8, 4) is 0 Å². The molecule has 3 N–H and O–H groups in total. The molecule has 1 aromatic heterocycles. The van der Waals surface area contributed by atoms with Gasteiger partial charge < -0.3 is 11.1 Å². The van der Waals surface area contributed by atoms with E-state index in [-0.39, 0.29) is 5.41 Å². The summed E-state index contributed by atoms with van der Waals surface area (Å²) in [6.07, 6.45) is 3.22. The first-order valence-corrected chi connectivity index (χ1v) is 6.96. The molecule has 1 aromatic rings. The van der Waals surface area contributed by atoms with Crippen molar-refractivity contribution in [1.29, 1.82) is 0 Å². The minimum atomic E-state index is 0.220. The van der Waals surface area contributed by atoms with E-state index in [0.717, 1.165) is 37.5 Å². The maximum atomic E-state index is 5.87. The van der Waals surface area contributed by atoms with Crippen molar-refractivity contribution in [3.05, 3.63) is 11.1 Å². The lowest BCUT2D eigenvalue weighted by Gasteiger charge is -2.30. The molecule has 1 rings (SSSR count). The van der Waals surface area contributed by atoms with Gasteiger partial charge in [0.2, 0.25) is 0 Å². The van der Waals surface area contributed by atoms with Crippen LogP contribution in [0.15, 0.2) is 5.38 Å². The Balaban J connectivity index is 2.55. The summed E-state index contributed by atoms with van der Waals surface area (Å²) in [5, 5.41) is 6.56. The van der Waals surface area contributed by atoms with Gasteiger partial charge in [-0.25, -0.2) is 4.98 Å². The van der Waals surface area contributed by atoms with Gasteiger partial charge in [-0.1, -0.05) is 20.8 Å². The monoisotopic (exact) mass is 241 g/mol. The third-order valence-electron chi connectivity index (χ3n) is 3.46. The van der Waals surface area contributed by atoms with Crippen LogP contribution in [0.1, 0.15) is 39.3 Å². The van der Waals surface area contributed by atoms with E-state index < -0.39 is 0 Å². The van der Waals surface area contributed by atoms with Crippen LogP contribution in [0.4, 0.5) is 5.13 Å². The Hall–Kier alpha value is -0.610. The Kier molecular flexibility index (Phi) is 5.22. The Morgan fingerprint density at radius 2 is 2.06 bits per heavy atom. The van der Waals surface area contributed by atoms with Gasteiger partial charge in [-0.05, 0) is 31.2 Å². The number of hydrogen-bond donors (Lipinski definition) is 2. The van der Waals surface area contributed by atoms with Crippen LogP contribution in [0.5, 0.6) is 0 Å². The van der Waals surface area contributed by atoms with Gasteiger partial charge in [-0.2, -0.15) is 0 Å². The molecule has 0 aromatic carbocycles. The summed E-state index contributed by atoms with van der Waals surface area (Å²) < 4.78 is 0. The maximum Gasteiger partial charge on any atom is 0.182 e. The highest BCUT2D eigenvalue weighted by molar-refractivity contribution is 7.13. The van der Waals surface area contributed by atoms with E-state index >= 15 is 0 Å². The molecule has 0 aliphatic carbocycles. The zero-order valence-electron chi connectivity index (χ0n) is 10.5. The molecule has 92 valence electrons. The topological polar surface area (TPSA) is 50.9 Å². The van der Waals surface area contributed by atoms with Crippen molar-refractivity contribution in [2.45, 2.75) is 40.0 Å². The molecular weight excluding hydrogens is 218 g/mol. The zero-order valence-corrected chi connectivity index (χ0v) is 11.4. The van der Waals surface area contributed by atoms with Crippen LogP contribution in [0.25, 0.3) is 0 Å². The van der Waals surface area contributed by atoms with E-state index in [1.54, 1.807) is 11.3 Å². The summed E-state index contributed by atoms with van der Waals surface area (Å²) in [6.45, 7) is 8.20. The molecule has 0 saturated carbocycles. The van der Waals surface area contributed by atoms with Crippen molar-refractivity contribution in [2.24, 2.45) is 11.1 Å². The summed E-state index contributed by atoms with van der Waals surface area (Å²) in [6, 6.07) is 0. The van der Waals surface area contributed by atoms with Gasteiger partial charge in [-0.15, -0.1) is 11.3 Å². The Morgan fingerprint density at radius 3 is 2.50 bits per heavy atom. The zero-order chi connectivity index (χ0) is 12.0. The minimum Gasteiger partial charge on any atom is -0.361 e. The fourth-order valence-corrected chi connectivity index (χ4v) is 2.47. The molecule has 3 nitrogen and oxygen atoms in total. The number of nitrogens with two attached hydrogens (primary N) is 1. The highest BCUT2D eigenvalue weighted by Crippen LogP contribution is 2.26. The number of nitrogens with one attached hydrogen (secondary N) is 1. The molecule has 0 unspecified atom stereocenters.